The summed E-state index contributed by atoms with van der Waals surface area (Å²) in [5.74, 6) is 1.70. The number of halogens is 1. The van der Waals surface area contributed by atoms with Gasteiger partial charge < -0.3 is 5.73 Å². The summed E-state index contributed by atoms with van der Waals surface area (Å²) >= 11 is 5.03. The van der Waals surface area contributed by atoms with Crippen molar-refractivity contribution in [2.45, 2.75) is 4.90 Å². The van der Waals surface area contributed by atoms with Crippen LogP contribution in [0.5, 0.6) is 0 Å². The molecule has 0 unspecified atom stereocenters. The van der Waals surface area contributed by atoms with Gasteiger partial charge in [-0.2, -0.15) is 16.1 Å². The minimum Gasteiger partial charge on any atom is -0.398 e. The lowest BCUT2D eigenvalue weighted by molar-refractivity contribution is 0.443. The molecule has 1 aliphatic heterocycles. The van der Waals surface area contributed by atoms with Crippen molar-refractivity contribution in [3.63, 3.8) is 0 Å². The summed E-state index contributed by atoms with van der Waals surface area (Å²) in [7, 11) is -3.38. The van der Waals surface area contributed by atoms with Crippen LogP contribution in [0.4, 0.5) is 5.69 Å². The van der Waals surface area contributed by atoms with E-state index >= 15 is 0 Å². The minimum absolute atomic E-state index is 0.269. The van der Waals surface area contributed by atoms with Gasteiger partial charge in [-0.15, -0.1) is 0 Å². The van der Waals surface area contributed by atoms with Crippen LogP contribution < -0.4 is 5.73 Å². The Morgan fingerprint density at radius 3 is 2.53 bits per heavy atom. The molecular formula is C10H13BrN2O2S2. The van der Waals surface area contributed by atoms with Crippen LogP contribution >= 0.6 is 27.7 Å². The summed E-state index contributed by atoms with van der Waals surface area (Å²) in [6.45, 7) is 1.14. The Morgan fingerprint density at radius 1 is 1.29 bits per heavy atom. The van der Waals surface area contributed by atoms with Crippen molar-refractivity contribution in [2.75, 3.05) is 30.3 Å². The van der Waals surface area contributed by atoms with Crippen molar-refractivity contribution in [1.29, 1.82) is 0 Å². The molecule has 0 amide bonds. The summed E-state index contributed by atoms with van der Waals surface area (Å²) in [6.07, 6.45) is 0. The molecule has 1 fully saturated rings. The molecule has 0 aromatic heterocycles. The zero-order valence-corrected chi connectivity index (χ0v) is 12.3. The minimum atomic E-state index is -3.38. The van der Waals surface area contributed by atoms with Crippen LogP contribution in [0, 0.1) is 0 Å². The van der Waals surface area contributed by atoms with E-state index in [2.05, 4.69) is 15.9 Å². The molecule has 0 radical (unpaired) electrons. The lowest BCUT2D eigenvalue weighted by atomic mass is 10.3. The van der Waals surface area contributed by atoms with Gasteiger partial charge in [0.15, 0.2) is 0 Å². The van der Waals surface area contributed by atoms with Crippen molar-refractivity contribution in [3.05, 3.63) is 22.7 Å². The molecule has 17 heavy (non-hydrogen) atoms. The van der Waals surface area contributed by atoms with E-state index in [4.69, 9.17) is 5.73 Å². The predicted molar refractivity (Wildman–Crippen MR) is 74.6 cm³/mol. The fraction of sp³-hybridized carbons (Fsp3) is 0.400. The first kappa shape index (κ1) is 13.2. The molecule has 7 heteroatoms. The number of nitrogens with two attached hydrogens (primary N) is 1. The molecular weight excluding hydrogens is 324 g/mol. The molecule has 4 nitrogen and oxygen atoms in total. The summed E-state index contributed by atoms with van der Waals surface area (Å²) < 4.78 is 26.8. The van der Waals surface area contributed by atoms with Gasteiger partial charge >= 0.3 is 0 Å². The largest absolute Gasteiger partial charge is 0.398 e. The third-order valence-electron chi connectivity index (χ3n) is 2.58. The molecule has 0 spiro atoms. The van der Waals surface area contributed by atoms with Crippen molar-refractivity contribution in [3.8, 4) is 0 Å². The fourth-order valence-electron chi connectivity index (χ4n) is 1.62. The quantitative estimate of drug-likeness (QED) is 0.836. The SMILES string of the molecule is Nc1cc(S(=O)(=O)N2CCSCC2)ccc1Br. The Balaban J connectivity index is 2.33. The number of nitrogens with zero attached hydrogens (tertiary/aromatic N) is 1. The summed E-state index contributed by atoms with van der Waals surface area (Å²) in [5.41, 5.74) is 6.16. The molecule has 1 saturated heterocycles. The first-order valence-corrected chi connectivity index (χ1v) is 8.53. The maximum absolute atomic E-state index is 12.3. The molecule has 0 saturated carbocycles. The zero-order valence-electron chi connectivity index (χ0n) is 9.10. The molecule has 0 atom stereocenters. The van der Waals surface area contributed by atoms with E-state index in [0.29, 0.717) is 23.2 Å². The van der Waals surface area contributed by atoms with Crippen LogP contribution in [0.1, 0.15) is 0 Å². The normalized spacial score (nSPS) is 18.2. The van der Waals surface area contributed by atoms with Crippen molar-refractivity contribution >= 4 is 43.4 Å². The van der Waals surface area contributed by atoms with E-state index in [9.17, 15) is 8.42 Å². The van der Waals surface area contributed by atoms with Gasteiger partial charge in [0.25, 0.3) is 0 Å². The maximum Gasteiger partial charge on any atom is 0.243 e. The van der Waals surface area contributed by atoms with E-state index < -0.39 is 10.0 Å². The van der Waals surface area contributed by atoms with E-state index in [-0.39, 0.29) is 4.90 Å². The Labute approximate surface area is 114 Å². The third-order valence-corrected chi connectivity index (χ3v) is 6.13. The van der Waals surface area contributed by atoms with Crippen LogP contribution in [0.2, 0.25) is 0 Å². The monoisotopic (exact) mass is 336 g/mol. The number of thioether (sulfide) groups is 1. The Kier molecular flexibility index (Phi) is 4.02. The van der Waals surface area contributed by atoms with Crippen LogP contribution in [0.25, 0.3) is 0 Å². The van der Waals surface area contributed by atoms with Crippen LogP contribution in [-0.2, 0) is 10.0 Å². The van der Waals surface area contributed by atoms with E-state index in [0.717, 1.165) is 11.5 Å². The third kappa shape index (κ3) is 2.78. The Morgan fingerprint density at radius 2 is 1.94 bits per heavy atom. The van der Waals surface area contributed by atoms with Gasteiger partial charge in [0.1, 0.15) is 0 Å². The molecule has 1 heterocycles. The second kappa shape index (κ2) is 5.17. The number of sulfonamides is 1. The lowest BCUT2D eigenvalue weighted by Gasteiger charge is -2.25. The van der Waals surface area contributed by atoms with E-state index in [1.54, 1.807) is 23.9 Å². The van der Waals surface area contributed by atoms with Gasteiger partial charge in [-0.1, -0.05) is 0 Å². The maximum atomic E-state index is 12.3. The number of nitrogen functional groups attached to an aromatic ring is 1. The van der Waals surface area contributed by atoms with E-state index in [1.165, 1.54) is 10.4 Å². The number of anilines is 1. The number of rotatable bonds is 2. The first-order chi connectivity index (χ1) is 8.01. The Bertz CT molecular complexity index is 513. The van der Waals surface area contributed by atoms with Gasteiger partial charge in [0.05, 0.1) is 4.90 Å². The number of hydrogen-bond donors (Lipinski definition) is 1. The van der Waals surface area contributed by atoms with Crippen molar-refractivity contribution in [2.24, 2.45) is 0 Å². The summed E-state index contributed by atoms with van der Waals surface area (Å²) in [6, 6.07) is 4.75. The van der Waals surface area contributed by atoms with Gasteiger partial charge in [-0.05, 0) is 34.1 Å². The molecule has 0 aliphatic carbocycles. The molecule has 94 valence electrons. The molecule has 1 aromatic carbocycles. The highest BCUT2D eigenvalue weighted by molar-refractivity contribution is 9.10. The molecule has 2 N–H and O–H groups in total. The molecule has 2 rings (SSSR count). The Hall–Kier alpha value is -0.240. The number of hydrogen-bond acceptors (Lipinski definition) is 4. The highest BCUT2D eigenvalue weighted by atomic mass is 79.9. The fourth-order valence-corrected chi connectivity index (χ4v) is 4.48. The average molecular weight is 337 g/mol. The van der Waals surface area contributed by atoms with Crippen molar-refractivity contribution in [1.82, 2.24) is 4.31 Å². The predicted octanol–water partition coefficient (Wildman–Crippen LogP) is 1.77. The highest BCUT2D eigenvalue weighted by Crippen LogP contribution is 2.26. The van der Waals surface area contributed by atoms with E-state index in [1.807, 2.05) is 0 Å². The van der Waals surface area contributed by atoms with Crippen LogP contribution in [0.15, 0.2) is 27.6 Å². The second-order valence-electron chi connectivity index (χ2n) is 3.70. The topological polar surface area (TPSA) is 63.4 Å². The van der Waals surface area contributed by atoms with Gasteiger partial charge in [0, 0.05) is 34.8 Å². The summed E-state index contributed by atoms with van der Waals surface area (Å²) in [4.78, 5) is 0.269. The van der Waals surface area contributed by atoms with Gasteiger partial charge in [-0.25, -0.2) is 8.42 Å². The standard InChI is InChI=1S/C10H13BrN2O2S2/c11-9-2-1-8(7-10(9)12)17(14,15)13-3-5-16-6-4-13/h1-2,7H,3-6,12H2. The summed E-state index contributed by atoms with van der Waals surface area (Å²) in [5, 5.41) is 0. The average Bonchev–Trinajstić information content (AvgIpc) is 2.33. The van der Waals surface area contributed by atoms with Crippen LogP contribution in [-0.4, -0.2) is 37.3 Å². The molecule has 1 aromatic rings. The molecule has 0 bridgehead atoms. The second-order valence-corrected chi connectivity index (χ2v) is 7.72. The van der Waals surface area contributed by atoms with Crippen LogP contribution in [0.3, 0.4) is 0 Å². The van der Waals surface area contributed by atoms with Gasteiger partial charge in [0.2, 0.25) is 10.0 Å². The zero-order chi connectivity index (χ0) is 12.5. The lowest BCUT2D eigenvalue weighted by Crippen LogP contribution is -2.37. The smallest absolute Gasteiger partial charge is 0.243 e. The highest BCUT2D eigenvalue weighted by Gasteiger charge is 2.26. The molecule has 1 aliphatic rings. The first-order valence-electron chi connectivity index (χ1n) is 5.15. The van der Waals surface area contributed by atoms with Crippen molar-refractivity contribution < 1.29 is 8.42 Å². The van der Waals surface area contributed by atoms with Gasteiger partial charge in [-0.3, -0.25) is 0 Å². The number of benzene rings is 1.